The summed E-state index contributed by atoms with van der Waals surface area (Å²) in [4.78, 5) is 0. The van der Waals surface area contributed by atoms with Crippen LogP contribution in [0.1, 0.15) is 18.0 Å². The predicted molar refractivity (Wildman–Crippen MR) is 56.2 cm³/mol. The van der Waals surface area contributed by atoms with Gasteiger partial charge in [0, 0.05) is 11.1 Å². The van der Waals surface area contributed by atoms with Crippen LogP contribution in [0.15, 0.2) is 24.3 Å². The summed E-state index contributed by atoms with van der Waals surface area (Å²) in [6, 6.07) is 6.97. The molecule has 1 nitrogen and oxygen atoms in total. The van der Waals surface area contributed by atoms with Crippen LogP contribution in [0, 0.1) is 0 Å². The van der Waals surface area contributed by atoms with Gasteiger partial charge in [0.25, 0.3) is 0 Å². The molecule has 1 atom stereocenters. The molecule has 0 aromatic heterocycles. The molecule has 0 amide bonds. The van der Waals surface area contributed by atoms with Crippen LogP contribution in [-0.2, 0) is 0 Å². The third-order valence-corrected chi connectivity index (χ3v) is 2.07. The summed E-state index contributed by atoms with van der Waals surface area (Å²) in [5, 5.41) is 0.610. The molecular weight excluding hydrogens is 212 g/mol. The zero-order chi connectivity index (χ0) is 8.97. The van der Waals surface area contributed by atoms with Crippen LogP contribution in [0.25, 0.3) is 0 Å². The third-order valence-electron chi connectivity index (χ3n) is 1.72. The molecule has 0 aliphatic rings. The molecule has 0 aliphatic carbocycles. The Morgan fingerprint density at radius 1 is 1.38 bits per heavy atom. The standard InChI is InChI=1S/C9H11ClFN.ClH/c10-8-4-2-1-3-7(8)9(12)5-6-11;/h1-4,9H,5-6,12H2;1H/t9-;/m1./s1. The molecular formula is C9H12Cl2FN. The lowest BCUT2D eigenvalue weighted by Crippen LogP contribution is -2.11. The van der Waals surface area contributed by atoms with E-state index in [0.717, 1.165) is 5.56 Å². The topological polar surface area (TPSA) is 26.0 Å². The molecule has 0 radical (unpaired) electrons. The Morgan fingerprint density at radius 3 is 2.54 bits per heavy atom. The minimum absolute atomic E-state index is 0. The van der Waals surface area contributed by atoms with Crippen molar-refractivity contribution >= 4 is 24.0 Å². The Bertz CT molecular complexity index is 255. The van der Waals surface area contributed by atoms with Gasteiger partial charge in [-0.15, -0.1) is 12.4 Å². The summed E-state index contributed by atoms with van der Waals surface area (Å²) in [6.45, 7) is -0.410. The number of benzene rings is 1. The zero-order valence-electron chi connectivity index (χ0n) is 7.04. The molecule has 0 spiro atoms. The quantitative estimate of drug-likeness (QED) is 0.838. The monoisotopic (exact) mass is 223 g/mol. The summed E-state index contributed by atoms with van der Waals surface area (Å²) >= 11 is 5.85. The third kappa shape index (κ3) is 3.51. The first kappa shape index (κ1) is 12.7. The van der Waals surface area contributed by atoms with Gasteiger partial charge in [-0.3, -0.25) is 4.39 Å². The van der Waals surface area contributed by atoms with Crippen molar-refractivity contribution in [1.82, 2.24) is 0 Å². The van der Waals surface area contributed by atoms with Crippen LogP contribution in [0.3, 0.4) is 0 Å². The molecule has 1 aromatic carbocycles. The largest absolute Gasteiger partial charge is 0.324 e. The highest BCUT2D eigenvalue weighted by molar-refractivity contribution is 6.31. The number of hydrogen-bond acceptors (Lipinski definition) is 1. The van der Waals surface area contributed by atoms with E-state index >= 15 is 0 Å². The molecule has 0 saturated carbocycles. The van der Waals surface area contributed by atoms with Crippen molar-refractivity contribution in [3.63, 3.8) is 0 Å². The van der Waals surface area contributed by atoms with Gasteiger partial charge in [0.05, 0.1) is 6.67 Å². The van der Waals surface area contributed by atoms with Gasteiger partial charge in [0.15, 0.2) is 0 Å². The van der Waals surface area contributed by atoms with Crippen molar-refractivity contribution in [2.75, 3.05) is 6.67 Å². The number of halogens is 3. The molecule has 4 heteroatoms. The average Bonchev–Trinajstić information content (AvgIpc) is 2.05. The lowest BCUT2D eigenvalue weighted by molar-refractivity contribution is 0.442. The minimum Gasteiger partial charge on any atom is -0.324 e. The lowest BCUT2D eigenvalue weighted by Gasteiger charge is -2.10. The highest BCUT2D eigenvalue weighted by atomic mass is 35.5. The second-order valence-electron chi connectivity index (χ2n) is 2.61. The van der Waals surface area contributed by atoms with Crippen molar-refractivity contribution in [1.29, 1.82) is 0 Å². The molecule has 0 bridgehead atoms. The van der Waals surface area contributed by atoms with Crippen molar-refractivity contribution in [2.45, 2.75) is 12.5 Å². The van der Waals surface area contributed by atoms with E-state index in [9.17, 15) is 4.39 Å². The van der Waals surface area contributed by atoms with E-state index in [-0.39, 0.29) is 18.4 Å². The van der Waals surface area contributed by atoms with Crippen LogP contribution < -0.4 is 5.73 Å². The van der Waals surface area contributed by atoms with Crippen molar-refractivity contribution in [2.24, 2.45) is 5.73 Å². The average molecular weight is 224 g/mol. The first-order valence-corrected chi connectivity index (χ1v) is 4.19. The SMILES string of the molecule is Cl.N[C@H](CCF)c1ccccc1Cl. The Kier molecular flexibility index (Phi) is 6.04. The smallest absolute Gasteiger partial charge is 0.0912 e. The fourth-order valence-electron chi connectivity index (χ4n) is 1.05. The zero-order valence-corrected chi connectivity index (χ0v) is 8.61. The molecule has 0 fully saturated rings. The van der Waals surface area contributed by atoms with Gasteiger partial charge >= 0.3 is 0 Å². The van der Waals surface area contributed by atoms with Gasteiger partial charge in [-0.2, -0.15) is 0 Å². The lowest BCUT2D eigenvalue weighted by atomic mass is 10.1. The summed E-state index contributed by atoms with van der Waals surface area (Å²) in [5.74, 6) is 0. The van der Waals surface area contributed by atoms with Crippen LogP contribution in [0.4, 0.5) is 4.39 Å². The van der Waals surface area contributed by atoms with Gasteiger partial charge in [0.2, 0.25) is 0 Å². The number of hydrogen-bond donors (Lipinski definition) is 1. The van der Waals surface area contributed by atoms with E-state index in [4.69, 9.17) is 17.3 Å². The summed E-state index contributed by atoms with van der Waals surface area (Å²) in [7, 11) is 0. The molecule has 1 rings (SSSR count). The number of rotatable bonds is 3. The van der Waals surface area contributed by atoms with E-state index < -0.39 is 6.67 Å². The highest BCUT2D eigenvalue weighted by Gasteiger charge is 2.08. The van der Waals surface area contributed by atoms with Crippen LogP contribution in [0.5, 0.6) is 0 Å². The molecule has 1 aromatic rings. The maximum Gasteiger partial charge on any atom is 0.0912 e. The Labute approximate surface area is 88.5 Å². The predicted octanol–water partition coefficient (Wildman–Crippen LogP) is 3.12. The first-order valence-electron chi connectivity index (χ1n) is 3.81. The first-order chi connectivity index (χ1) is 5.75. The molecule has 74 valence electrons. The van der Waals surface area contributed by atoms with Crippen molar-refractivity contribution in [3.8, 4) is 0 Å². The Balaban J connectivity index is 0.00000144. The number of nitrogens with two attached hydrogens (primary N) is 1. The van der Waals surface area contributed by atoms with Gasteiger partial charge in [0.1, 0.15) is 0 Å². The number of alkyl halides is 1. The van der Waals surface area contributed by atoms with Gasteiger partial charge < -0.3 is 5.73 Å². The van der Waals surface area contributed by atoms with Crippen molar-refractivity contribution < 1.29 is 4.39 Å². The molecule has 0 aliphatic heterocycles. The van der Waals surface area contributed by atoms with E-state index in [0.29, 0.717) is 11.4 Å². The Morgan fingerprint density at radius 2 is 2.00 bits per heavy atom. The van der Waals surface area contributed by atoms with E-state index in [1.807, 2.05) is 18.2 Å². The maximum absolute atomic E-state index is 11.9. The van der Waals surface area contributed by atoms with Crippen LogP contribution in [-0.4, -0.2) is 6.67 Å². The van der Waals surface area contributed by atoms with E-state index in [1.165, 1.54) is 0 Å². The normalized spacial score (nSPS) is 11.9. The fraction of sp³-hybridized carbons (Fsp3) is 0.333. The fourth-order valence-corrected chi connectivity index (χ4v) is 1.32. The molecule has 13 heavy (non-hydrogen) atoms. The highest BCUT2D eigenvalue weighted by Crippen LogP contribution is 2.22. The van der Waals surface area contributed by atoms with E-state index in [1.54, 1.807) is 6.07 Å². The van der Waals surface area contributed by atoms with Crippen LogP contribution in [0.2, 0.25) is 5.02 Å². The molecule has 2 N–H and O–H groups in total. The molecule has 0 unspecified atom stereocenters. The summed E-state index contributed by atoms with van der Waals surface area (Å²) in [6.07, 6.45) is 0.323. The summed E-state index contributed by atoms with van der Waals surface area (Å²) in [5.41, 5.74) is 6.50. The minimum atomic E-state index is -0.410. The van der Waals surface area contributed by atoms with Crippen molar-refractivity contribution in [3.05, 3.63) is 34.9 Å². The van der Waals surface area contributed by atoms with Gasteiger partial charge in [-0.05, 0) is 18.1 Å². The second-order valence-corrected chi connectivity index (χ2v) is 3.01. The Hall–Kier alpha value is -0.310. The molecule has 0 saturated heterocycles. The van der Waals surface area contributed by atoms with Gasteiger partial charge in [-0.25, -0.2) is 0 Å². The van der Waals surface area contributed by atoms with Crippen LogP contribution >= 0.6 is 24.0 Å². The second kappa shape index (κ2) is 6.19. The molecule has 0 heterocycles. The summed E-state index contributed by atoms with van der Waals surface area (Å²) < 4.78 is 11.9. The maximum atomic E-state index is 11.9. The van der Waals surface area contributed by atoms with Gasteiger partial charge in [-0.1, -0.05) is 29.8 Å². The van der Waals surface area contributed by atoms with E-state index in [2.05, 4.69) is 0 Å².